The highest BCUT2D eigenvalue weighted by atomic mass is 19.3. The molecule has 0 aliphatic heterocycles. The Labute approximate surface area is 122 Å². The number of nitrogens with one attached hydrogen (secondary N) is 1. The monoisotopic (exact) mass is 302 g/mol. The van der Waals surface area contributed by atoms with Crippen molar-refractivity contribution >= 4 is 11.9 Å². The first-order valence-corrected chi connectivity index (χ1v) is 6.57. The van der Waals surface area contributed by atoms with Crippen molar-refractivity contribution in [2.75, 3.05) is 0 Å². The third-order valence-corrected chi connectivity index (χ3v) is 2.50. The number of ether oxygens (including phenoxy) is 1. The van der Waals surface area contributed by atoms with Gasteiger partial charge in [-0.2, -0.15) is 0 Å². The molecule has 1 rings (SSSR count). The van der Waals surface area contributed by atoms with E-state index in [1.54, 1.807) is 20.8 Å². The fraction of sp³-hybridized carbons (Fsp3) is 0.571. The summed E-state index contributed by atoms with van der Waals surface area (Å²) in [7, 11) is 0. The number of rotatable bonds is 5. The van der Waals surface area contributed by atoms with E-state index in [0.717, 1.165) is 4.57 Å². The SMILES string of the molecule is C[C@H](NC(=O)c1cccn1CC(F)F)C(=O)OC(C)(C)C. The normalized spacial score (nSPS) is 13.1. The Hall–Kier alpha value is -1.92. The number of hydrogen-bond donors (Lipinski definition) is 1. The number of alkyl halides is 2. The molecule has 0 radical (unpaired) electrons. The van der Waals surface area contributed by atoms with Crippen molar-refractivity contribution in [3.8, 4) is 0 Å². The molecule has 1 aromatic heterocycles. The number of aromatic nitrogens is 1. The van der Waals surface area contributed by atoms with Crippen LogP contribution in [0.4, 0.5) is 8.78 Å². The lowest BCUT2D eigenvalue weighted by Crippen LogP contribution is -2.42. The molecule has 1 amide bonds. The van der Waals surface area contributed by atoms with Gasteiger partial charge in [-0.05, 0) is 39.8 Å². The first-order valence-electron chi connectivity index (χ1n) is 6.57. The molecule has 0 bridgehead atoms. The van der Waals surface area contributed by atoms with Gasteiger partial charge in [0.1, 0.15) is 17.3 Å². The van der Waals surface area contributed by atoms with Crippen molar-refractivity contribution in [2.24, 2.45) is 0 Å². The summed E-state index contributed by atoms with van der Waals surface area (Å²) in [5, 5.41) is 2.44. The van der Waals surface area contributed by atoms with Crippen molar-refractivity contribution in [3.05, 3.63) is 24.0 Å². The van der Waals surface area contributed by atoms with Crippen LogP contribution in [0.3, 0.4) is 0 Å². The lowest BCUT2D eigenvalue weighted by atomic mass is 10.2. The molecule has 1 atom stereocenters. The maximum Gasteiger partial charge on any atom is 0.328 e. The summed E-state index contributed by atoms with van der Waals surface area (Å²) in [6, 6.07) is 2.04. The zero-order chi connectivity index (χ0) is 16.2. The van der Waals surface area contributed by atoms with Gasteiger partial charge < -0.3 is 14.6 Å². The molecule has 5 nitrogen and oxygen atoms in total. The molecule has 0 fully saturated rings. The minimum atomic E-state index is -2.56. The van der Waals surface area contributed by atoms with Gasteiger partial charge in [-0.15, -0.1) is 0 Å². The number of halogens is 2. The van der Waals surface area contributed by atoms with Crippen LogP contribution in [0.5, 0.6) is 0 Å². The Balaban J connectivity index is 2.69. The largest absolute Gasteiger partial charge is 0.458 e. The van der Waals surface area contributed by atoms with E-state index < -0.39 is 36.5 Å². The van der Waals surface area contributed by atoms with Gasteiger partial charge in [0.2, 0.25) is 0 Å². The summed E-state index contributed by atoms with van der Waals surface area (Å²) >= 11 is 0. The van der Waals surface area contributed by atoms with Gasteiger partial charge in [-0.1, -0.05) is 0 Å². The second-order valence-corrected chi connectivity index (χ2v) is 5.67. The van der Waals surface area contributed by atoms with Crippen molar-refractivity contribution < 1.29 is 23.1 Å². The van der Waals surface area contributed by atoms with E-state index in [4.69, 9.17) is 4.74 Å². The predicted octanol–water partition coefficient (Wildman–Crippen LogP) is 2.21. The second kappa shape index (κ2) is 6.69. The second-order valence-electron chi connectivity index (χ2n) is 5.67. The van der Waals surface area contributed by atoms with Crippen molar-refractivity contribution in [2.45, 2.75) is 52.3 Å². The average Bonchev–Trinajstić information content (AvgIpc) is 2.73. The number of nitrogens with zero attached hydrogens (tertiary/aromatic N) is 1. The van der Waals surface area contributed by atoms with Crippen LogP contribution in [0, 0.1) is 0 Å². The van der Waals surface area contributed by atoms with E-state index in [9.17, 15) is 18.4 Å². The summed E-state index contributed by atoms with van der Waals surface area (Å²) in [5.74, 6) is -1.18. The Morgan fingerprint density at radius 3 is 2.52 bits per heavy atom. The van der Waals surface area contributed by atoms with Crippen LogP contribution in [-0.4, -0.2) is 34.5 Å². The molecular formula is C14H20F2N2O3. The molecule has 0 saturated heterocycles. The molecule has 7 heteroatoms. The van der Waals surface area contributed by atoms with Crippen LogP contribution < -0.4 is 5.32 Å². The molecule has 1 aromatic rings. The molecule has 0 aliphatic rings. The predicted molar refractivity (Wildman–Crippen MR) is 73.2 cm³/mol. The summed E-state index contributed by atoms with van der Waals surface area (Å²) in [6.07, 6.45) is -1.17. The maximum absolute atomic E-state index is 12.4. The number of amides is 1. The molecule has 0 aliphatic carbocycles. The molecule has 21 heavy (non-hydrogen) atoms. The van der Waals surface area contributed by atoms with Crippen LogP contribution in [-0.2, 0) is 16.1 Å². The van der Waals surface area contributed by atoms with Crippen LogP contribution in [0.1, 0.15) is 38.2 Å². The Kier molecular flexibility index (Phi) is 5.46. The third kappa shape index (κ3) is 5.53. The number of carbonyl (C=O) groups excluding carboxylic acids is 2. The number of carbonyl (C=O) groups is 2. The average molecular weight is 302 g/mol. The molecule has 0 aromatic carbocycles. The molecule has 1 heterocycles. The highest BCUT2D eigenvalue weighted by Gasteiger charge is 2.24. The van der Waals surface area contributed by atoms with Crippen molar-refractivity contribution in [3.63, 3.8) is 0 Å². The van der Waals surface area contributed by atoms with Crippen LogP contribution in [0.15, 0.2) is 18.3 Å². The minimum absolute atomic E-state index is 0.0747. The third-order valence-electron chi connectivity index (χ3n) is 2.50. The van der Waals surface area contributed by atoms with Crippen molar-refractivity contribution in [1.29, 1.82) is 0 Å². The first kappa shape index (κ1) is 17.1. The Morgan fingerprint density at radius 1 is 1.38 bits per heavy atom. The number of hydrogen-bond acceptors (Lipinski definition) is 3. The van der Waals surface area contributed by atoms with Gasteiger partial charge in [-0.3, -0.25) is 4.79 Å². The summed E-state index contributed by atoms with van der Waals surface area (Å²) < 4.78 is 31.1. The maximum atomic E-state index is 12.4. The van der Waals surface area contributed by atoms with Gasteiger partial charge in [0.05, 0.1) is 6.54 Å². The molecule has 1 N–H and O–H groups in total. The zero-order valence-electron chi connectivity index (χ0n) is 12.5. The van der Waals surface area contributed by atoms with E-state index >= 15 is 0 Å². The van der Waals surface area contributed by atoms with Gasteiger partial charge in [0.25, 0.3) is 12.3 Å². The smallest absolute Gasteiger partial charge is 0.328 e. The first-order chi connectivity index (χ1) is 9.60. The lowest BCUT2D eigenvalue weighted by molar-refractivity contribution is -0.156. The van der Waals surface area contributed by atoms with Gasteiger partial charge in [0.15, 0.2) is 0 Å². The quantitative estimate of drug-likeness (QED) is 0.848. The highest BCUT2D eigenvalue weighted by molar-refractivity contribution is 5.95. The van der Waals surface area contributed by atoms with E-state index in [1.807, 2.05) is 0 Å². The molecular weight excluding hydrogens is 282 g/mol. The molecule has 0 unspecified atom stereocenters. The van der Waals surface area contributed by atoms with Gasteiger partial charge >= 0.3 is 5.97 Å². The lowest BCUT2D eigenvalue weighted by Gasteiger charge is -2.22. The highest BCUT2D eigenvalue weighted by Crippen LogP contribution is 2.10. The summed E-state index contributed by atoms with van der Waals surface area (Å²) in [6.45, 7) is 6.05. The fourth-order valence-electron chi connectivity index (χ4n) is 1.65. The van der Waals surface area contributed by atoms with E-state index in [2.05, 4.69) is 5.32 Å². The van der Waals surface area contributed by atoms with E-state index in [-0.39, 0.29) is 5.69 Å². The van der Waals surface area contributed by atoms with Crippen molar-refractivity contribution in [1.82, 2.24) is 9.88 Å². The standard InChI is InChI=1S/C14H20F2N2O3/c1-9(13(20)21-14(2,3)4)17-12(19)10-6-5-7-18(10)8-11(15)16/h5-7,9,11H,8H2,1-4H3,(H,17,19)/t9-/m0/s1. The van der Waals surface area contributed by atoms with E-state index in [0.29, 0.717) is 0 Å². The summed E-state index contributed by atoms with van der Waals surface area (Å²) in [5.41, 5.74) is -0.586. The summed E-state index contributed by atoms with van der Waals surface area (Å²) in [4.78, 5) is 23.8. The van der Waals surface area contributed by atoms with Crippen LogP contribution >= 0.6 is 0 Å². The van der Waals surface area contributed by atoms with Gasteiger partial charge in [-0.25, -0.2) is 13.6 Å². The minimum Gasteiger partial charge on any atom is -0.458 e. The zero-order valence-corrected chi connectivity index (χ0v) is 12.5. The van der Waals surface area contributed by atoms with Gasteiger partial charge in [0, 0.05) is 6.20 Å². The topological polar surface area (TPSA) is 60.3 Å². The molecule has 0 saturated carbocycles. The number of esters is 1. The Morgan fingerprint density at radius 2 is 2.00 bits per heavy atom. The van der Waals surface area contributed by atoms with Crippen LogP contribution in [0.25, 0.3) is 0 Å². The van der Waals surface area contributed by atoms with E-state index in [1.165, 1.54) is 25.3 Å². The Bertz CT molecular complexity index is 507. The van der Waals surface area contributed by atoms with Crippen LogP contribution in [0.2, 0.25) is 0 Å². The molecule has 0 spiro atoms. The fourth-order valence-corrected chi connectivity index (χ4v) is 1.65. The molecule has 118 valence electrons.